The van der Waals surface area contributed by atoms with Crippen molar-refractivity contribution in [2.45, 2.75) is 10.3 Å². The first-order valence-corrected chi connectivity index (χ1v) is 8.03. The molecule has 2 heterocycles. The van der Waals surface area contributed by atoms with Gasteiger partial charge in [-0.1, -0.05) is 11.6 Å². The lowest BCUT2D eigenvalue weighted by atomic mass is 10.3. The van der Waals surface area contributed by atoms with Gasteiger partial charge in [0.25, 0.3) is 10.0 Å². The molecule has 2 rings (SSSR count). The summed E-state index contributed by atoms with van der Waals surface area (Å²) in [6, 6.07) is 1.98. The van der Waals surface area contributed by atoms with Gasteiger partial charge in [0.2, 0.25) is 0 Å². The molecule has 0 amide bonds. The summed E-state index contributed by atoms with van der Waals surface area (Å²) >= 11 is 6.70. The predicted molar refractivity (Wildman–Crippen MR) is 69.8 cm³/mol. The number of carbonyl (C=O) groups is 1. The molecule has 1 aromatic rings. The van der Waals surface area contributed by atoms with E-state index in [0.29, 0.717) is 4.34 Å². The van der Waals surface area contributed by atoms with Gasteiger partial charge >= 0.3 is 5.97 Å². The maximum atomic E-state index is 12.4. The van der Waals surface area contributed by atoms with Crippen molar-refractivity contribution in [1.82, 2.24) is 4.31 Å². The van der Waals surface area contributed by atoms with Crippen molar-refractivity contribution in [2.75, 3.05) is 26.9 Å². The zero-order chi connectivity index (χ0) is 14.0. The smallest absolute Gasteiger partial charge is 0.326 e. The van der Waals surface area contributed by atoms with Crippen molar-refractivity contribution in [3.63, 3.8) is 0 Å². The second-order valence-electron chi connectivity index (χ2n) is 3.79. The van der Waals surface area contributed by atoms with E-state index >= 15 is 0 Å². The first-order chi connectivity index (χ1) is 8.96. The van der Waals surface area contributed by atoms with Crippen LogP contribution >= 0.6 is 22.9 Å². The van der Waals surface area contributed by atoms with E-state index in [0.717, 1.165) is 15.6 Å². The number of carbonyl (C=O) groups excluding carboxylic acids is 1. The van der Waals surface area contributed by atoms with Crippen molar-refractivity contribution in [3.05, 3.63) is 16.5 Å². The number of hydrogen-bond acceptors (Lipinski definition) is 6. The zero-order valence-corrected chi connectivity index (χ0v) is 12.4. The van der Waals surface area contributed by atoms with Crippen LogP contribution in [-0.2, 0) is 24.3 Å². The van der Waals surface area contributed by atoms with E-state index in [9.17, 15) is 13.2 Å². The number of sulfonamides is 1. The van der Waals surface area contributed by atoms with Crippen LogP contribution in [0.5, 0.6) is 0 Å². The Morgan fingerprint density at radius 3 is 2.89 bits per heavy atom. The quantitative estimate of drug-likeness (QED) is 0.774. The summed E-state index contributed by atoms with van der Waals surface area (Å²) in [5.74, 6) is -0.633. The summed E-state index contributed by atoms with van der Waals surface area (Å²) in [6.07, 6.45) is 0. The molecular weight excluding hydrogens is 314 g/mol. The van der Waals surface area contributed by atoms with E-state index in [1.165, 1.54) is 19.2 Å². The SMILES string of the molecule is COC(=O)C1COCCN1S(=O)(=O)c1ccc(Cl)s1. The highest BCUT2D eigenvalue weighted by Crippen LogP contribution is 2.29. The van der Waals surface area contributed by atoms with Crippen LogP contribution in [0.15, 0.2) is 16.3 Å². The molecule has 0 spiro atoms. The summed E-state index contributed by atoms with van der Waals surface area (Å²) in [5.41, 5.74) is 0. The second-order valence-corrected chi connectivity index (χ2v) is 7.62. The molecule has 106 valence electrons. The molecule has 0 aromatic carbocycles. The van der Waals surface area contributed by atoms with Gasteiger partial charge in [-0.2, -0.15) is 4.31 Å². The third-order valence-electron chi connectivity index (χ3n) is 2.66. The van der Waals surface area contributed by atoms with Crippen molar-refractivity contribution < 1.29 is 22.7 Å². The van der Waals surface area contributed by atoms with Gasteiger partial charge in [0, 0.05) is 6.54 Å². The normalized spacial score (nSPS) is 21.3. The summed E-state index contributed by atoms with van der Waals surface area (Å²) in [5, 5.41) is 0. The summed E-state index contributed by atoms with van der Waals surface area (Å²) < 4.78 is 36.2. The maximum Gasteiger partial charge on any atom is 0.326 e. The molecule has 1 aliphatic rings. The van der Waals surface area contributed by atoms with E-state index < -0.39 is 22.0 Å². The lowest BCUT2D eigenvalue weighted by molar-refractivity contribution is -0.149. The van der Waals surface area contributed by atoms with Gasteiger partial charge < -0.3 is 9.47 Å². The molecule has 0 aliphatic carbocycles. The molecule has 19 heavy (non-hydrogen) atoms. The largest absolute Gasteiger partial charge is 0.468 e. The number of halogens is 1. The highest BCUT2D eigenvalue weighted by Gasteiger charge is 2.39. The van der Waals surface area contributed by atoms with E-state index in [-0.39, 0.29) is 24.0 Å². The lowest BCUT2D eigenvalue weighted by Gasteiger charge is -2.32. The molecule has 1 fully saturated rings. The van der Waals surface area contributed by atoms with Crippen molar-refractivity contribution in [1.29, 1.82) is 0 Å². The van der Waals surface area contributed by atoms with Gasteiger partial charge in [-0.05, 0) is 12.1 Å². The molecule has 1 atom stereocenters. The van der Waals surface area contributed by atoms with Crippen LogP contribution in [0.3, 0.4) is 0 Å². The molecular formula is C10H12ClNO5S2. The molecule has 0 radical (unpaired) electrons. The molecule has 1 saturated heterocycles. The van der Waals surface area contributed by atoms with Crippen LogP contribution in [-0.4, -0.2) is 51.6 Å². The molecule has 1 aromatic heterocycles. The lowest BCUT2D eigenvalue weighted by Crippen LogP contribution is -2.52. The minimum atomic E-state index is -3.76. The highest BCUT2D eigenvalue weighted by atomic mass is 35.5. The number of methoxy groups -OCH3 is 1. The van der Waals surface area contributed by atoms with E-state index in [4.69, 9.17) is 16.3 Å². The molecule has 0 saturated carbocycles. The average Bonchev–Trinajstić information content (AvgIpc) is 2.85. The van der Waals surface area contributed by atoms with Crippen LogP contribution in [0, 0.1) is 0 Å². The topological polar surface area (TPSA) is 72.9 Å². The van der Waals surface area contributed by atoms with Crippen molar-refractivity contribution in [3.8, 4) is 0 Å². The van der Waals surface area contributed by atoms with Crippen LogP contribution in [0.2, 0.25) is 4.34 Å². The van der Waals surface area contributed by atoms with E-state index in [1.807, 2.05) is 0 Å². The van der Waals surface area contributed by atoms with Gasteiger partial charge in [0.15, 0.2) is 0 Å². The monoisotopic (exact) mass is 325 g/mol. The minimum absolute atomic E-state index is 0.00892. The Balaban J connectivity index is 2.34. The van der Waals surface area contributed by atoms with Gasteiger partial charge in [0.05, 0.1) is 24.7 Å². The number of thiophene rings is 1. The Morgan fingerprint density at radius 1 is 1.58 bits per heavy atom. The van der Waals surface area contributed by atoms with Gasteiger partial charge in [-0.15, -0.1) is 11.3 Å². The van der Waals surface area contributed by atoms with Crippen LogP contribution in [0.25, 0.3) is 0 Å². The van der Waals surface area contributed by atoms with Gasteiger partial charge in [-0.3, -0.25) is 4.79 Å². The average molecular weight is 326 g/mol. The van der Waals surface area contributed by atoms with Crippen LogP contribution < -0.4 is 0 Å². The summed E-state index contributed by atoms with van der Waals surface area (Å²) in [4.78, 5) is 11.6. The summed E-state index contributed by atoms with van der Waals surface area (Å²) in [7, 11) is -2.55. The summed E-state index contributed by atoms with van der Waals surface area (Å²) in [6.45, 7) is 0.342. The number of rotatable bonds is 3. The molecule has 0 N–H and O–H groups in total. The Bertz CT molecular complexity index is 570. The Kier molecular flexibility index (Phi) is 4.46. The fraction of sp³-hybridized carbons (Fsp3) is 0.500. The second kappa shape index (κ2) is 5.76. The van der Waals surface area contributed by atoms with E-state index in [2.05, 4.69) is 4.74 Å². The molecule has 9 heteroatoms. The van der Waals surface area contributed by atoms with Crippen molar-refractivity contribution >= 4 is 38.9 Å². The highest BCUT2D eigenvalue weighted by molar-refractivity contribution is 7.91. The molecule has 1 aliphatic heterocycles. The number of esters is 1. The third kappa shape index (κ3) is 2.92. The minimum Gasteiger partial charge on any atom is -0.468 e. The molecule has 0 bridgehead atoms. The standard InChI is InChI=1S/C10H12ClNO5S2/c1-16-10(13)7-6-17-5-4-12(7)19(14,15)9-3-2-8(11)18-9/h2-3,7H,4-6H2,1H3. The zero-order valence-electron chi connectivity index (χ0n) is 10.0. The predicted octanol–water partition coefficient (Wildman–Crippen LogP) is 0.964. The van der Waals surface area contributed by atoms with Gasteiger partial charge in [0.1, 0.15) is 10.3 Å². The number of morpholine rings is 1. The first-order valence-electron chi connectivity index (χ1n) is 5.39. The van der Waals surface area contributed by atoms with Crippen LogP contribution in [0.1, 0.15) is 0 Å². The fourth-order valence-electron chi connectivity index (χ4n) is 1.75. The number of nitrogens with zero attached hydrogens (tertiary/aromatic N) is 1. The number of ether oxygens (including phenoxy) is 2. The maximum absolute atomic E-state index is 12.4. The van der Waals surface area contributed by atoms with Crippen molar-refractivity contribution in [2.24, 2.45) is 0 Å². The fourth-order valence-corrected chi connectivity index (χ4v) is 4.91. The third-order valence-corrected chi connectivity index (χ3v) is 6.27. The number of hydrogen-bond donors (Lipinski definition) is 0. The first kappa shape index (κ1) is 14.7. The Labute approximate surface area is 119 Å². The van der Waals surface area contributed by atoms with Gasteiger partial charge in [-0.25, -0.2) is 8.42 Å². The Morgan fingerprint density at radius 2 is 2.32 bits per heavy atom. The molecule has 6 nitrogen and oxygen atoms in total. The Hall–Kier alpha value is -0.670. The van der Waals surface area contributed by atoms with E-state index in [1.54, 1.807) is 0 Å². The molecule has 1 unspecified atom stereocenters. The van der Waals surface area contributed by atoms with Crippen LogP contribution in [0.4, 0.5) is 0 Å².